The molecule has 1 aliphatic rings. The maximum absolute atomic E-state index is 14.6. The lowest BCUT2D eigenvalue weighted by molar-refractivity contribution is -0.130. The minimum atomic E-state index is -1.53. The van der Waals surface area contributed by atoms with Gasteiger partial charge in [0, 0.05) is 63.8 Å². The number of benzene rings is 4. The molecular weight excluding hydrogens is 737 g/mol. The number of amides is 1. The van der Waals surface area contributed by atoms with E-state index in [2.05, 4.69) is 26.8 Å². The number of halogens is 3. The van der Waals surface area contributed by atoms with Gasteiger partial charge in [-0.3, -0.25) is 10.2 Å². The lowest BCUT2D eigenvalue weighted by Crippen LogP contribution is -2.53. The monoisotopic (exact) mass is 771 g/mol. The van der Waals surface area contributed by atoms with E-state index in [-0.39, 0.29) is 25.5 Å². The van der Waals surface area contributed by atoms with Gasteiger partial charge in [0.1, 0.15) is 23.0 Å². The van der Waals surface area contributed by atoms with Crippen LogP contribution in [0.2, 0.25) is 10.0 Å². The molecule has 0 radical (unpaired) electrons. The Bertz CT molecular complexity index is 1770. The summed E-state index contributed by atoms with van der Waals surface area (Å²) in [6, 6.07) is 23.4. The number of hydrazine groups is 1. The van der Waals surface area contributed by atoms with Crippen LogP contribution in [0.15, 0.2) is 88.3 Å². The van der Waals surface area contributed by atoms with Gasteiger partial charge >= 0.3 is 0 Å². The third-order valence-electron chi connectivity index (χ3n) is 7.95. The van der Waals surface area contributed by atoms with Crippen molar-refractivity contribution in [2.75, 3.05) is 34.5 Å². The van der Waals surface area contributed by atoms with Gasteiger partial charge in [0.2, 0.25) is 5.90 Å². The van der Waals surface area contributed by atoms with E-state index in [0.29, 0.717) is 62.8 Å². The number of aliphatic imine (C=N–C) groups is 1. The Labute approximate surface area is 303 Å². The number of carbonyl (C=O) groups is 1. The van der Waals surface area contributed by atoms with Crippen molar-refractivity contribution in [1.82, 2.24) is 10.9 Å². The number of carbonyl (C=O) groups excluding carboxylic acids is 1. The van der Waals surface area contributed by atoms with Gasteiger partial charge < -0.3 is 28.8 Å². The Kier molecular flexibility index (Phi) is 12.3. The van der Waals surface area contributed by atoms with Crippen molar-refractivity contribution in [3.8, 4) is 23.0 Å². The highest BCUT2D eigenvalue weighted by atomic mass is 79.9. The first-order valence-electron chi connectivity index (χ1n) is 15.3. The third-order valence-corrected chi connectivity index (χ3v) is 9.04. The average Bonchev–Trinajstić information content (AvgIpc) is 3.49. The zero-order valence-electron chi connectivity index (χ0n) is 27.1. The summed E-state index contributed by atoms with van der Waals surface area (Å²) >= 11 is 16.6. The molecule has 49 heavy (non-hydrogen) atoms. The molecule has 258 valence electrons. The second-order valence-corrected chi connectivity index (χ2v) is 12.8. The molecule has 0 bridgehead atoms. The van der Waals surface area contributed by atoms with Crippen molar-refractivity contribution < 1.29 is 33.6 Å². The van der Waals surface area contributed by atoms with Crippen LogP contribution in [0.25, 0.3) is 0 Å². The fourth-order valence-corrected chi connectivity index (χ4v) is 6.23. The zero-order chi connectivity index (χ0) is 35.0. The summed E-state index contributed by atoms with van der Waals surface area (Å²) in [6.45, 7) is 0.566. The van der Waals surface area contributed by atoms with Gasteiger partial charge in [-0.05, 0) is 54.1 Å². The normalized spacial score (nSPS) is 16.8. The predicted octanol–water partition coefficient (Wildman–Crippen LogP) is 6.86. The van der Waals surface area contributed by atoms with Gasteiger partial charge in [-0.1, -0.05) is 57.3 Å². The molecule has 2 atom stereocenters. The Morgan fingerprint density at radius 1 is 0.939 bits per heavy atom. The Morgan fingerprint density at radius 2 is 1.63 bits per heavy atom. The molecule has 3 N–H and O–H groups in total. The van der Waals surface area contributed by atoms with Crippen LogP contribution in [-0.4, -0.2) is 57.0 Å². The molecule has 1 amide bonds. The van der Waals surface area contributed by atoms with Gasteiger partial charge in [0.25, 0.3) is 5.91 Å². The van der Waals surface area contributed by atoms with Gasteiger partial charge in [-0.15, -0.1) is 0 Å². The number of nitrogens with zero attached hydrogens (tertiary/aromatic N) is 1. The quantitative estimate of drug-likeness (QED) is 0.0886. The average molecular weight is 774 g/mol. The lowest BCUT2D eigenvalue weighted by atomic mass is 9.82. The first kappa shape index (κ1) is 36.3. The Balaban J connectivity index is 1.54. The molecule has 5 rings (SSSR count). The first-order valence-corrected chi connectivity index (χ1v) is 16.9. The summed E-state index contributed by atoms with van der Waals surface area (Å²) in [5, 5.41) is 9.86. The number of hydrogen-bond acceptors (Lipinski definition) is 9. The third kappa shape index (κ3) is 8.42. The SMILES string of the molecule is COc1cc(OC)c(CNNC(=O)[C@@]2(Cc3ccc(Br)cc3)N=C(c3ccc(OCCCO)cc3)O[C@H]2c2ccc(Cl)cc2Cl)c(OC)c1. The summed E-state index contributed by atoms with van der Waals surface area (Å²) in [5.41, 5.74) is 7.08. The molecule has 0 saturated carbocycles. The van der Waals surface area contributed by atoms with E-state index >= 15 is 0 Å². The van der Waals surface area contributed by atoms with Gasteiger partial charge in [0.15, 0.2) is 11.6 Å². The van der Waals surface area contributed by atoms with Crippen molar-refractivity contribution in [3.05, 3.63) is 116 Å². The molecule has 4 aromatic rings. The van der Waals surface area contributed by atoms with Crippen LogP contribution in [0.1, 0.15) is 34.8 Å². The molecule has 0 spiro atoms. The molecule has 0 aliphatic carbocycles. The van der Waals surface area contributed by atoms with Crippen LogP contribution >= 0.6 is 39.1 Å². The van der Waals surface area contributed by atoms with Crippen LogP contribution in [0.4, 0.5) is 0 Å². The molecule has 10 nitrogen and oxygen atoms in total. The van der Waals surface area contributed by atoms with Gasteiger partial charge in [0.05, 0.1) is 33.5 Å². The largest absolute Gasteiger partial charge is 0.496 e. The molecule has 1 heterocycles. The highest BCUT2D eigenvalue weighted by Crippen LogP contribution is 2.45. The van der Waals surface area contributed by atoms with E-state index < -0.39 is 17.6 Å². The van der Waals surface area contributed by atoms with Crippen LogP contribution in [0.5, 0.6) is 23.0 Å². The maximum atomic E-state index is 14.6. The summed E-state index contributed by atoms with van der Waals surface area (Å²) in [7, 11) is 4.65. The second kappa shape index (κ2) is 16.6. The minimum absolute atomic E-state index is 0.0376. The fraction of sp³-hybridized carbons (Fsp3) is 0.278. The van der Waals surface area contributed by atoms with Crippen LogP contribution in [-0.2, 0) is 22.5 Å². The van der Waals surface area contributed by atoms with Crippen molar-refractivity contribution in [3.63, 3.8) is 0 Å². The minimum Gasteiger partial charge on any atom is -0.496 e. The number of aliphatic hydroxyl groups excluding tert-OH is 1. The smallest absolute Gasteiger partial charge is 0.266 e. The Morgan fingerprint density at radius 3 is 2.24 bits per heavy atom. The zero-order valence-corrected chi connectivity index (χ0v) is 30.2. The summed E-state index contributed by atoms with van der Waals surface area (Å²) in [5.74, 6) is 2.01. The highest BCUT2D eigenvalue weighted by molar-refractivity contribution is 9.10. The van der Waals surface area contributed by atoms with Gasteiger partial charge in [-0.25, -0.2) is 10.4 Å². The lowest BCUT2D eigenvalue weighted by Gasteiger charge is -2.31. The van der Waals surface area contributed by atoms with E-state index in [1.165, 1.54) is 0 Å². The maximum Gasteiger partial charge on any atom is 0.266 e. The summed E-state index contributed by atoms with van der Waals surface area (Å²) in [4.78, 5) is 19.7. The molecule has 0 fully saturated rings. The molecule has 0 saturated heterocycles. The topological polar surface area (TPSA) is 120 Å². The standard InChI is InChI=1S/C36H36BrCl2N3O7/c1-45-27-18-31(46-2)29(32(19-27)47-3)21-40-42-35(44)36(20-22-5-9-24(37)10-6-22)33(28-14-11-25(38)17-30(28)39)49-34(41-36)23-7-12-26(13-8-23)48-16-4-15-43/h5-14,17-19,33,40,43H,4,15-16,20-21H2,1-3H3,(H,42,44)/t33-,36-/m0/s1. The summed E-state index contributed by atoms with van der Waals surface area (Å²) < 4.78 is 29.7. The summed E-state index contributed by atoms with van der Waals surface area (Å²) in [6.07, 6.45) is -0.262. The van der Waals surface area contributed by atoms with E-state index in [4.69, 9.17) is 57.0 Å². The van der Waals surface area contributed by atoms with Crippen molar-refractivity contribution in [1.29, 1.82) is 0 Å². The van der Waals surface area contributed by atoms with E-state index in [1.54, 1.807) is 63.8 Å². The van der Waals surface area contributed by atoms with Crippen LogP contribution < -0.4 is 29.8 Å². The number of rotatable bonds is 15. The van der Waals surface area contributed by atoms with Crippen molar-refractivity contribution in [2.45, 2.75) is 31.0 Å². The molecular formula is C36H36BrCl2N3O7. The molecule has 0 unspecified atom stereocenters. The number of ether oxygens (including phenoxy) is 5. The van der Waals surface area contributed by atoms with Crippen LogP contribution in [0.3, 0.4) is 0 Å². The number of aliphatic hydroxyl groups is 1. The van der Waals surface area contributed by atoms with Gasteiger partial charge in [-0.2, -0.15) is 0 Å². The number of methoxy groups -OCH3 is 3. The Hall–Kier alpha value is -4.00. The van der Waals surface area contributed by atoms with Crippen molar-refractivity contribution in [2.24, 2.45) is 4.99 Å². The number of nitrogens with one attached hydrogen (secondary N) is 2. The molecule has 1 aliphatic heterocycles. The highest BCUT2D eigenvalue weighted by Gasteiger charge is 2.54. The molecule has 13 heteroatoms. The molecule has 0 aromatic heterocycles. The van der Waals surface area contributed by atoms with Crippen LogP contribution in [0, 0.1) is 0 Å². The van der Waals surface area contributed by atoms with E-state index in [1.807, 2.05) is 36.4 Å². The van der Waals surface area contributed by atoms with Crippen molar-refractivity contribution >= 4 is 50.9 Å². The molecule has 4 aromatic carbocycles. The first-order chi connectivity index (χ1) is 23.7. The predicted molar refractivity (Wildman–Crippen MR) is 192 cm³/mol. The van der Waals surface area contributed by atoms with E-state index in [0.717, 1.165) is 10.0 Å². The second-order valence-electron chi connectivity index (χ2n) is 11.1. The number of hydrogen-bond donors (Lipinski definition) is 3. The fourth-order valence-electron chi connectivity index (χ4n) is 5.46. The van der Waals surface area contributed by atoms with E-state index in [9.17, 15) is 4.79 Å².